The molecule has 0 saturated carbocycles. The molecule has 4 heterocycles. The van der Waals surface area contributed by atoms with Gasteiger partial charge in [-0.05, 0) is 56.9 Å². The summed E-state index contributed by atoms with van der Waals surface area (Å²) in [5.41, 5.74) is 3.14. The van der Waals surface area contributed by atoms with Crippen molar-refractivity contribution in [1.82, 2.24) is 24.7 Å². The number of nitrogens with one attached hydrogen (secondary N) is 1. The number of anilines is 1. The van der Waals surface area contributed by atoms with Gasteiger partial charge in [0.1, 0.15) is 17.8 Å². The average molecular weight is 451 g/mol. The van der Waals surface area contributed by atoms with Crippen LogP contribution in [0, 0.1) is 0 Å². The molecule has 8 nitrogen and oxygen atoms in total. The Bertz CT molecular complexity index is 977. The zero-order valence-electron chi connectivity index (χ0n) is 19.4. The summed E-state index contributed by atoms with van der Waals surface area (Å²) in [6, 6.07) is 10.7. The molecular weight excluding hydrogens is 416 g/mol. The van der Waals surface area contributed by atoms with Crippen molar-refractivity contribution in [1.29, 1.82) is 0 Å². The molecule has 1 aromatic carbocycles. The van der Waals surface area contributed by atoms with E-state index in [0.29, 0.717) is 30.6 Å². The molecule has 2 saturated heterocycles. The molecule has 3 aliphatic rings. The number of likely N-dealkylation sites (tertiary alicyclic amines) is 2. The Hall–Kier alpha value is -2.55. The van der Waals surface area contributed by atoms with Gasteiger partial charge in [0.15, 0.2) is 0 Å². The van der Waals surface area contributed by atoms with Gasteiger partial charge in [-0.3, -0.25) is 9.69 Å². The summed E-state index contributed by atoms with van der Waals surface area (Å²) >= 11 is 0. The number of hydrogen-bond donors (Lipinski definition) is 2. The fourth-order valence-electron chi connectivity index (χ4n) is 5.41. The molecule has 0 aliphatic carbocycles. The fraction of sp³-hybridized carbons (Fsp3) is 0.560. The quantitative estimate of drug-likeness (QED) is 0.732. The van der Waals surface area contributed by atoms with E-state index in [1.165, 1.54) is 17.5 Å². The summed E-state index contributed by atoms with van der Waals surface area (Å²) in [6.07, 6.45) is 4.79. The molecule has 0 spiro atoms. The lowest BCUT2D eigenvalue weighted by Crippen LogP contribution is -2.56. The highest BCUT2D eigenvalue weighted by Crippen LogP contribution is 2.26. The van der Waals surface area contributed by atoms with Crippen LogP contribution in [0.1, 0.15) is 40.9 Å². The van der Waals surface area contributed by atoms with Crippen LogP contribution in [0.2, 0.25) is 0 Å². The van der Waals surface area contributed by atoms with Gasteiger partial charge in [0, 0.05) is 44.3 Å². The van der Waals surface area contributed by atoms with E-state index in [2.05, 4.69) is 56.4 Å². The van der Waals surface area contributed by atoms with Gasteiger partial charge in [-0.1, -0.05) is 24.3 Å². The Morgan fingerprint density at radius 2 is 1.85 bits per heavy atom. The van der Waals surface area contributed by atoms with Crippen LogP contribution >= 0.6 is 0 Å². The minimum Gasteiger partial charge on any atom is -0.390 e. The second-order valence-electron chi connectivity index (χ2n) is 9.67. The van der Waals surface area contributed by atoms with E-state index in [0.717, 1.165) is 51.9 Å². The number of β-amino-alcohol motifs (C(OH)–C–C–N with tert-alkyl or cyclic N) is 1. The van der Waals surface area contributed by atoms with Crippen LogP contribution in [-0.2, 0) is 13.0 Å². The number of carbonyl (C=O) groups excluding carboxylic acids is 1. The van der Waals surface area contributed by atoms with Gasteiger partial charge in [-0.25, -0.2) is 9.97 Å². The number of piperidine rings is 2. The van der Waals surface area contributed by atoms with Crippen LogP contribution in [0.4, 0.5) is 5.82 Å². The third kappa shape index (κ3) is 5.03. The molecule has 2 aromatic rings. The standard InChI is InChI=1S/C25H34N6O2/c1-29-10-7-20(8-11-29)28-24-14-21(26-17-27-24)25(33)31-13-9-22(23(32)16-31)30-12-6-18-4-2-3-5-19(18)15-30/h2-5,14,17,20,22-23,32H,6-13,15-16H2,1H3,(H,26,27,28)/t22-,23-/m0/s1. The molecular formula is C25H34N6O2. The first-order valence-corrected chi connectivity index (χ1v) is 12.1. The summed E-state index contributed by atoms with van der Waals surface area (Å²) < 4.78 is 0. The Balaban J connectivity index is 1.19. The molecule has 2 atom stereocenters. The fourth-order valence-corrected chi connectivity index (χ4v) is 5.41. The summed E-state index contributed by atoms with van der Waals surface area (Å²) in [6.45, 7) is 4.89. The van der Waals surface area contributed by atoms with Gasteiger partial charge in [0.2, 0.25) is 0 Å². The molecule has 2 N–H and O–H groups in total. The summed E-state index contributed by atoms with van der Waals surface area (Å²) in [5, 5.41) is 14.4. The second-order valence-corrected chi connectivity index (χ2v) is 9.67. The van der Waals surface area contributed by atoms with Crippen LogP contribution < -0.4 is 5.32 Å². The highest BCUT2D eigenvalue weighted by atomic mass is 16.3. The van der Waals surface area contributed by atoms with Crippen molar-refractivity contribution in [2.75, 3.05) is 45.1 Å². The van der Waals surface area contributed by atoms with Gasteiger partial charge in [-0.2, -0.15) is 0 Å². The summed E-state index contributed by atoms with van der Waals surface area (Å²) in [4.78, 5) is 28.2. The Morgan fingerprint density at radius 3 is 2.64 bits per heavy atom. The molecule has 33 heavy (non-hydrogen) atoms. The normalized spacial score (nSPS) is 25.0. The first-order valence-electron chi connectivity index (χ1n) is 12.1. The monoisotopic (exact) mass is 450 g/mol. The van der Waals surface area contributed by atoms with Crippen molar-refractivity contribution in [3.8, 4) is 0 Å². The Labute approximate surface area is 195 Å². The summed E-state index contributed by atoms with van der Waals surface area (Å²) in [5.74, 6) is 0.565. The van der Waals surface area contributed by atoms with Crippen molar-refractivity contribution in [2.45, 2.75) is 50.4 Å². The van der Waals surface area contributed by atoms with E-state index in [1.807, 2.05) is 0 Å². The first kappa shape index (κ1) is 22.3. The molecule has 176 valence electrons. The van der Waals surface area contributed by atoms with E-state index in [-0.39, 0.29) is 11.9 Å². The smallest absolute Gasteiger partial charge is 0.272 e. The zero-order valence-corrected chi connectivity index (χ0v) is 19.4. The third-order valence-electron chi connectivity index (χ3n) is 7.42. The number of amides is 1. The van der Waals surface area contributed by atoms with Gasteiger partial charge in [-0.15, -0.1) is 0 Å². The van der Waals surface area contributed by atoms with E-state index < -0.39 is 6.10 Å². The molecule has 0 radical (unpaired) electrons. The maximum absolute atomic E-state index is 13.2. The number of aromatic nitrogens is 2. The van der Waals surface area contributed by atoms with Gasteiger partial charge < -0.3 is 20.2 Å². The number of aliphatic hydroxyl groups is 1. The van der Waals surface area contributed by atoms with E-state index in [1.54, 1.807) is 11.0 Å². The molecule has 0 unspecified atom stereocenters. The predicted molar refractivity (Wildman–Crippen MR) is 127 cm³/mol. The summed E-state index contributed by atoms with van der Waals surface area (Å²) in [7, 11) is 2.14. The molecule has 3 aliphatic heterocycles. The maximum Gasteiger partial charge on any atom is 0.272 e. The molecule has 5 rings (SSSR count). The van der Waals surface area contributed by atoms with Gasteiger partial charge in [0.25, 0.3) is 5.91 Å². The Kier molecular flexibility index (Phi) is 6.57. The number of fused-ring (bicyclic) bond motifs is 1. The lowest BCUT2D eigenvalue weighted by molar-refractivity contribution is -0.0139. The molecule has 8 heteroatoms. The number of rotatable bonds is 4. The molecule has 2 fully saturated rings. The van der Waals surface area contributed by atoms with Crippen LogP contribution in [-0.4, -0.2) is 93.6 Å². The molecule has 0 bridgehead atoms. The number of hydrogen-bond acceptors (Lipinski definition) is 7. The number of aliphatic hydroxyl groups excluding tert-OH is 1. The van der Waals surface area contributed by atoms with E-state index in [9.17, 15) is 9.90 Å². The number of carbonyl (C=O) groups is 1. The van der Waals surface area contributed by atoms with Crippen molar-refractivity contribution in [3.63, 3.8) is 0 Å². The van der Waals surface area contributed by atoms with Gasteiger partial charge >= 0.3 is 0 Å². The number of benzene rings is 1. The number of nitrogens with zero attached hydrogens (tertiary/aromatic N) is 5. The average Bonchev–Trinajstić information content (AvgIpc) is 2.85. The van der Waals surface area contributed by atoms with Crippen molar-refractivity contribution in [2.24, 2.45) is 0 Å². The highest BCUT2D eigenvalue weighted by molar-refractivity contribution is 5.93. The maximum atomic E-state index is 13.2. The van der Waals surface area contributed by atoms with Crippen LogP contribution in [0.5, 0.6) is 0 Å². The van der Waals surface area contributed by atoms with Crippen LogP contribution in [0.3, 0.4) is 0 Å². The van der Waals surface area contributed by atoms with Crippen molar-refractivity contribution >= 4 is 11.7 Å². The zero-order chi connectivity index (χ0) is 22.8. The molecule has 1 aromatic heterocycles. The van der Waals surface area contributed by atoms with Gasteiger partial charge in [0.05, 0.1) is 6.10 Å². The van der Waals surface area contributed by atoms with Crippen LogP contribution in [0.25, 0.3) is 0 Å². The topological polar surface area (TPSA) is 84.8 Å². The highest BCUT2D eigenvalue weighted by Gasteiger charge is 2.35. The van der Waals surface area contributed by atoms with Crippen molar-refractivity contribution < 1.29 is 9.90 Å². The van der Waals surface area contributed by atoms with E-state index >= 15 is 0 Å². The second kappa shape index (κ2) is 9.75. The van der Waals surface area contributed by atoms with E-state index in [4.69, 9.17) is 0 Å². The lowest BCUT2D eigenvalue weighted by Gasteiger charge is -2.43. The molecule has 1 amide bonds. The SMILES string of the molecule is CN1CCC(Nc2cc(C(=O)N3CC[C@H](N4CCc5ccccc5C4)[C@@H](O)C3)ncn2)CC1. The van der Waals surface area contributed by atoms with Crippen molar-refractivity contribution in [3.05, 3.63) is 53.5 Å². The minimum atomic E-state index is -0.563. The predicted octanol–water partition coefficient (Wildman–Crippen LogP) is 1.62. The largest absolute Gasteiger partial charge is 0.390 e. The van der Waals surface area contributed by atoms with Crippen LogP contribution in [0.15, 0.2) is 36.7 Å². The minimum absolute atomic E-state index is 0.0782. The lowest BCUT2D eigenvalue weighted by atomic mass is 9.94. The first-order chi connectivity index (χ1) is 16.1. The Morgan fingerprint density at radius 1 is 1.06 bits per heavy atom. The third-order valence-corrected chi connectivity index (χ3v) is 7.42.